The van der Waals surface area contributed by atoms with Crippen LogP contribution in [-0.2, 0) is 7.05 Å². The largest absolute Gasteiger partial charge is 0.380 e. The van der Waals surface area contributed by atoms with Crippen LogP contribution in [0.5, 0.6) is 0 Å². The maximum absolute atomic E-state index is 4.47. The maximum atomic E-state index is 4.47. The number of rotatable bonds is 3. The van der Waals surface area contributed by atoms with Gasteiger partial charge in [0.05, 0.1) is 17.4 Å². The highest BCUT2D eigenvalue weighted by molar-refractivity contribution is 9.10. The fourth-order valence-electron chi connectivity index (χ4n) is 3.37. The Bertz CT molecular complexity index is 859. The monoisotopic (exact) mass is 385 g/mol. The van der Waals surface area contributed by atoms with Crippen LogP contribution in [0.25, 0.3) is 10.9 Å². The van der Waals surface area contributed by atoms with Crippen molar-refractivity contribution in [2.45, 2.75) is 18.9 Å². The van der Waals surface area contributed by atoms with Crippen LogP contribution in [0.15, 0.2) is 47.3 Å². The topological polar surface area (TPSA) is 46.0 Å². The Morgan fingerprint density at radius 3 is 3.04 bits per heavy atom. The minimum atomic E-state index is 0.424. The number of benzene rings is 1. The summed E-state index contributed by atoms with van der Waals surface area (Å²) in [7, 11) is 1.96. The number of aromatic nitrogens is 3. The van der Waals surface area contributed by atoms with E-state index in [2.05, 4.69) is 66.7 Å². The number of halogens is 1. The van der Waals surface area contributed by atoms with Gasteiger partial charge in [0.25, 0.3) is 0 Å². The Hall–Kier alpha value is -2.08. The second-order valence-electron chi connectivity index (χ2n) is 6.32. The first-order valence-electron chi connectivity index (χ1n) is 8.23. The van der Waals surface area contributed by atoms with Crippen LogP contribution in [0, 0.1) is 0 Å². The van der Waals surface area contributed by atoms with E-state index in [-0.39, 0.29) is 0 Å². The number of nitrogens with one attached hydrogen (secondary N) is 1. The van der Waals surface area contributed by atoms with Crippen molar-refractivity contribution < 1.29 is 0 Å². The molecule has 5 nitrogen and oxygen atoms in total. The van der Waals surface area contributed by atoms with Gasteiger partial charge in [-0.05, 0) is 37.1 Å². The maximum Gasteiger partial charge on any atom is 0.0753 e. The lowest BCUT2D eigenvalue weighted by Gasteiger charge is -2.34. The third kappa shape index (κ3) is 3.11. The molecule has 3 aromatic rings. The van der Waals surface area contributed by atoms with E-state index in [4.69, 9.17) is 0 Å². The minimum absolute atomic E-state index is 0.424. The Morgan fingerprint density at radius 1 is 1.29 bits per heavy atom. The zero-order valence-corrected chi connectivity index (χ0v) is 15.2. The third-order valence-electron chi connectivity index (χ3n) is 4.54. The molecule has 1 N–H and O–H groups in total. The van der Waals surface area contributed by atoms with E-state index < -0.39 is 0 Å². The summed E-state index contributed by atoms with van der Waals surface area (Å²) in [5, 5.41) is 9.18. The van der Waals surface area contributed by atoms with Gasteiger partial charge < -0.3 is 10.2 Å². The van der Waals surface area contributed by atoms with Crippen LogP contribution in [0.2, 0.25) is 0 Å². The number of fused-ring (bicyclic) bond motifs is 1. The number of piperidine rings is 1. The van der Waals surface area contributed by atoms with E-state index in [1.54, 1.807) is 0 Å². The van der Waals surface area contributed by atoms with Crippen molar-refractivity contribution in [3.05, 3.63) is 47.3 Å². The molecule has 0 radical (unpaired) electrons. The Labute approximate surface area is 149 Å². The molecule has 0 aliphatic carbocycles. The number of hydrogen-bond donors (Lipinski definition) is 1. The SMILES string of the molecule is Cn1cc(N2CCCC(Nc3ccnc4cc(Br)ccc34)C2)cn1. The van der Waals surface area contributed by atoms with Gasteiger partial charge in [-0.2, -0.15) is 5.10 Å². The summed E-state index contributed by atoms with van der Waals surface area (Å²) in [6.45, 7) is 2.08. The van der Waals surface area contributed by atoms with E-state index in [0.29, 0.717) is 6.04 Å². The van der Waals surface area contributed by atoms with Crippen molar-refractivity contribution in [3.8, 4) is 0 Å². The van der Waals surface area contributed by atoms with E-state index in [1.807, 2.05) is 24.1 Å². The summed E-state index contributed by atoms with van der Waals surface area (Å²) in [6.07, 6.45) is 8.26. The van der Waals surface area contributed by atoms with Crippen molar-refractivity contribution in [2.24, 2.45) is 7.05 Å². The predicted molar refractivity (Wildman–Crippen MR) is 102 cm³/mol. The van der Waals surface area contributed by atoms with Crippen LogP contribution in [0.1, 0.15) is 12.8 Å². The molecule has 0 bridgehead atoms. The number of aryl methyl sites for hydroxylation is 1. The Morgan fingerprint density at radius 2 is 2.21 bits per heavy atom. The summed E-state index contributed by atoms with van der Waals surface area (Å²) in [5.41, 5.74) is 3.37. The van der Waals surface area contributed by atoms with Gasteiger partial charge in [-0.3, -0.25) is 9.67 Å². The fourth-order valence-corrected chi connectivity index (χ4v) is 3.72. The number of hydrogen-bond acceptors (Lipinski definition) is 4. The quantitative estimate of drug-likeness (QED) is 0.744. The molecule has 0 saturated carbocycles. The number of nitrogens with zero attached hydrogens (tertiary/aromatic N) is 4. The summed E-state index contributed by atoms with van der Waals surface area (Å²) >= 11 is 3.52. The lowest BCUT2D eigenvalue weighted by atomic mass is 10.0. The van der Waals surface area contributed by atoms with E-state index in [1.165, 1.54) is 23.9 Å². The number of pyridine rings is 1. The molecule has 0 spiro atoms. The Balaban J connectivity index is 1.55. The van der Waals surface area contributed by atoms with Crippen LogP contribution >= 0.6 is 15.9 Å². The first-order chi connectivity index (χ1) is 11.7. The van der Waals surface area contributed by atoms with Gasteiger partial charge in [0.1, 0.15) is 0 Å². The molecule has 1 atom stereocenters. The summed E-state index contributed by atoms with van der Waals surface area (Å²) < 4.78 is 2.92. The van der Waals surface area contributed by atoms with E-state index in [0.717, 1.165) is 28.8 Å². The van der Waals surface area contributed by atoms with Crippen LogP contribution in [0.4, 0.5) is 11.4 Å². The number of anilines is 2. The second kappa shape index (κ2) is 6.43. The highest BCUT2D eigenvalue weighted by atomic mass is 79.9. The van der Waals surface area contributed by atoms with Crippen LogP contribution < -0.4 is 10.2 Å². The molecule has 1 unspecified atom stereocenters. The smallest absolute Gasteiger partial charge is 0.0753 e. The predicted octanol–water partition coefficient (Wildman–Crippen LogP) is 3.81. The standard InChI is InChI=1S/C18H20BrN5/c1-23-12-15(10-21-23)24-8-2-3-14(11-24)22-17-6-7-20-18-9-13(19)4-5-16(17)18/h4-7,9-10,12,14H,2-3,8,11H2,1H3,(H,20,22). The molecular formula is C18H20BrN5. The molecular weight excluding hydrogens is 366 g/mol. The molecule has 1 fully saturated rings. The molecule has 2 aromatic heterocycles. The first kappa shape index (κ1) is 15.4. The summed E-state index contributed by atoms with van der Waals surface area (Å²) in [4.78, 5) is 6.88. The van der Waals surface area contributed by atoms with Gasteiger partial charge in [-0.15, -0.1) is 0 Å². The summed E-state index contributed by atoms with van der Waals surface area (Å²) in [6, 6.07) is 8.74. The van der Waals surface area contributed by atoms with E-state index in [9.17, 15) is 0 Å². The molecule has 24 heavy (non-hydrogen) atoms. The molecule has 1 aromatic carbocycles. The van der Waals surface area contributed by atoms with Gasteiger partial charge in [-0.1, -0.05) is 15.9 Å². The molecule has 124 valence electrons. The van der Waals surface area contributed by atoms with Gasteiger partial charge in [0.2, 0.25) is 0 Å². The minimum Gasteiger partial charge on any atom is -0.380 e. The first-order valence-corrected chi connectivity index (χ1v) is 9.03. The van der Waals surface area contributed by atoms with Crippen molar-refractivity contribution in [3.63, 3.8) is 0 Å². The van der Waals surface area contributed by atoms with E-state index >= 15 is 0 Å². The van der Waals surface area contributed by atoms with Gasteiger partial charge in [-0.25, -0.2) is 0 Å². The van der Waals surface area contributed by atoms with Gasteiger partial charge in [0, 0.05) is 54.1 Å². The van der Waals surface area contributed by atoms with Crippen molar-refractivity contribution in [1.29, 1.82) is 0 Å². The van der Waals surface area contributed by atoms with Crippen molar-refractivity contribution in [1.82, 2.24) is 14.8 Å². The van der Waals surface area contributed by atoms with Crippen molar-refractivity contribution in [2.75, 3.05) is 23.3 Å². The lowest BCUT2D eigenvalue weighted by molar-refractivity contribution is 0.530. The van der Waals surface area contributed by atoms with Gasteiger partial charge in [0.15, 0.2) is 0 Å². The van der Waals surface area contributed by atoms with Crippen LogP contribution in [0.3, 0.4) is 0 Å². The molecule has 3 heterocycles. The van der Waals surface area contributed by atoms with Crippen molar-refractivity contribution >= 4 is 38.2 Å². The fraction of sp³-hybridized carbons (Fsp3) is 0.333. The van der Waals surface area contributed by atoms with Crippen LogP contribution in [-0.4, -0.2) is 33.9 Å². The molecule has 0 amide bonds. The molecule has 1 aliphatic heterocycles. The second-order valence-corrected chi connectivity index (χ2v) is 7.24. The normalized spacial score (nSPS) is 18.1. The lowest BCUT2D eigenvalue weighted by Crippen LogP contribution is -2.42. The highest BCUT2D eigenvalue weighted by Gasteiger charge is 2.21. The molecule has 1 aliphatic rings. The molecule has 6 heteroatoms. The third-order valence-corrected chi connectivity index (χ3v) is 5.04. The average molecular weight is 386 g/mol. The average Bonchev–Trinajstić information content (AvgIpc) is 3.02. The zero-order valence-electron chi connectivity index (χ0n) is 13.6. The zero-order chi connectivity index (χ0) is 16.5. The molecule has 4 rings (SSSR count). The highest BCUT2D eigenvalue weighted by Crippen LogP contribution is 2.27. The molecule has 1 saturated heterocycles. The Kier molecular flexibility index (Phi) is 4.14. The summed E-state index contributed by atoms with van der Waals surface area (Å²) in [5.74, 6) is 0. The van der Waals surface area contributed by atoms with Gasteiger partial charge >= 0.3 is 0 Å².